The summed E-state index contributed by atoms with van der Waals surface area (Å²) in [4.78, 5) is 13.3. The molecule has 0 aliphatic carbocycles. The lowest BCUT2D eigenvalue weighted by atomic mass is 10.1. The molecule has 1 amide bonds. The van der Waals surface area contributed by atoms with Crippen molar-refractivity contribution >= 4 is 41.7 Å². The van der Waals surface area contributed by atoms with Crippen LogP contribution in [-0.4, -0.2) is 31.3 Å². The molecule has 1 saturated heterocycles. The van der Waals surface area contributed by atoms with Gasteiger partial charge in [-0.3, -0.25) is 4.79 Å². The summed E-state index contributed by atoms with van der Waals surface area (Å²) in [5.41, 5.74) is 0.689. The van der Waals surface area contributed by atoms with Crippen molar-refractivity contribution in [3.05, 3.63) is 28.8 Å². The van der Waals surface area contributed by atoms with E-state index < -0.39 is 0 Å². The number of thioether (sulfide) groups is 1. The van der Waals surface area contributed by atoms with Gasteiger partial charge in [-0.2, -0.15) is 0 Å². The first-order chi connectivity index (χ1) is 9.70. The van der Waals surface area contributed by atoms with Gasteiger partial charge >= 0.3 is 0 Å². The van der Waals surface area contributed by atoms with Crippen molar-refractivity contribution in [2.75, 3.05) is 25.4 Å². The molecule has 6 heteroatoms. The Morgan fingerprint density at radius 3 is 3.00 bits per heavy atom. The normalized spacial score (nSPS) is 17.3. The maximum absolute atomic E-state index is 12.3. The Balaban J connectivity index is 0.00000220. The summed E-state index contributed by atoms with van der Waals surface area (Å²) in [6.07, 6.45) is 2.25. The van der Waals surface area contributed by atoms with Crippen molar-refractivity contribution in [3.8, 4) is 0 Å². The predicted octanol–water partition coefficient (Wildman–Crippen LogP) is 3.60. The predicted molar refractivity (Wildman–Crippen MR) is 93.0 cm³/mol. The van der Waals surface area contributed by atoms with E-state index in [1.165, 1.54) is 6.42 Å². The molecule has 1 aliphatic rings. The molecule has 2 rings (SSSR count). The molecule has 0 bridgehead atoms. The molecule has 3 nitrogen and oxygen atoms in total. The molecule has 0 radical (unpaired) electrons. The highest BCUT2D eigenvalue weighted by molar-refractivity contribution is 7.99. The van der Waals surface area contributed by atoms with Crippen molar-refractivity contribution < 1.29 is 4.79 Å². The Hall–Kier alpha value is -0.420. The maximum Gasteiger partial charge on any atom is 0.252 e. The van der Waals surface area contributed by atoms with Gasteiger partial charge in [0, 0.05) is 16.5 Å². The summed E-state index contributed by atoms with van der Waals surface area (Å²) in [5, 5.41) is 6.96. The highest BCUT2D eigenvalue weighted by Gasteiger charge is 2.16. The molecule has 1 atom stereocenters. The van der Waals surface area contributed by atoms with Crippen LogP contribution in [0.2, 0.25) is 5.02 Å². The standard InChI is InChI=1S/C15H21ClN2OS.ClH/c1-2-20-14-4-3-12(16)9-13(14)15(19)18-8-6-11-5-7-17-10-11;/h3-4,9,11,17H,2,5-8,10H2,1H3,(H,18,19);1H. The van der Waals surface area contributed by atoms with E-state index in [0.717, 1.165) is 36.7 Å². The van der Waals surface area contributed by atoms with E-state index >= 15 is 0 Å². The first-order valence-corrected chi connectivity index (χ1v) is 8.48. The minimum atomic E-state index is -0.0191. The largest absolute Gasteiger partial charge is 0.352 e. The molecule has 118 valence electrons. The van der Waals surface area contributed by atoms with Gasteiger partial charge in [0.25, 0.3) is 5.91 Å². The molecule has 0 saturated carbocycles. The van der Waals surface area contributed by atoms with Crippen LogP contribution in [0.1, 0.15) is 30.1 Å². The molecule has 1 fully saturated rings. The number of hydrogen-bond acceptors (Lipinski definition) is 3. The second kappa shape index (κ2) is 9.57. The molecule has 1 aromatic carbocycles. The highest BCUT2D eigenvalue weighted by atomic mass is 35.5. The molecule has 2 N–H and O–H groups in total. The zero-order valence-electron chi connectivity index (χ0n) is 12.2. The fraction of sp³-hybridized carbons (Fsp3) is 0.533. The van der Waals surface area contributed by atoms with Crippen molar-refractivity contribution in [1.29, 1.82) is 0 Å². The summed E-state index contributed by atoms with van der Waals surface area (Å²) >= 11 is 7.67. The summed E-state index contributed by atoms with van der Waals surface area (Å²) < 4.78 is 0. The van der Waals surface area contributed by atoms with E-state index in [1.54, 1.807) is 17.8 Å². The fourth-order valence-electron chi connectivity index (χ4n) is 2.41. The third kappa shape index (κ3) is 5.70. The second-order valence-electron chi connectivity index (χ2n) is 4.98. The third-order valence-corrected chi connectivity index (χ3v) is 4.68. The van der Waals surface area contributed by atoms with Gasteiger partial charge in [0.15, 0.2) is 0 Å². The topological polar surface area (TPSA) is 41.1 Å². The first kappa shape index (κ1) is 18.6. The van der Waals surface area contributed by atoms with E-state index in [0.29, 0.717) is 16.5 Å². The number of carbonyl (C=O) groups is 1. The Labute approximate surface area is 142 Å². The lowest BCUT2D eigenvalue weighted by molar-refractivity contribution is 0.0948. The number of benzene rings is 1. The Morgan fingerprint density at radius 2 is 2.33 bits per heavy atom. The van der Waals surface area contributed by atoms with E-state index in [2.05, 4.69) is 17.6 Å². The van der Waals surface area contributed by atoms with Crippen LogP contribution in [-0.2, 0) is 0 Å². The van der Waals surface area contributed by atoms with Crippen LogP contribution in [0.4, 0.5) is 0 Å². The van der Waals surface area contributed by atoms with Crippen LogP contribution >= 0.6 is 35.8 Å². The summed E-state index contributed by atoms with van der Waals surface area (Å²) in [6, 6.07) is 5.51. The Bertz CT molecular complexity index is 465. The van der Waals surface area contributed by atoms with Crippen molar-refractivity contribution in [2.24, 2.45) is 5.92 Å². The van der Waals surface area contributed by atoms with Crippen LogP contribution < -0.4 is 10.6 Å². The van der Waals surface area contributed by atoms with E-state index in [1.807, 2.05) is 12.1 Å². The monoisotopic (exact) mass is 348 g/mol. The van der Waals surface area contributed by atoms with Gasteiger partial charge in [0.1, 0.15) is 0 Å². The SMILES string of the molecule is CCSc1ccc(Cl)cc1C(=O)NCCC1CCNC1.Cl. The lowest BCUT2D eigenvalue weighted by Gasteiger charge is -2.12. The van der Waals surface area contributed by atoms with E-state index in [-0.39, 0.29) is 18.3 Å². The first-order valence-electron chi connectivity index (χ1n) is 7.12. The molecular formula is C15H22Cl2N2OS. The Morgan fingerprint density at radius 1 is 1.52 bits per heavy atom. The molecule has 0 aromatic heterocycles. The van der Waals surface area contributed by atoms with Crippen LogP contribution in [0, 0.1) is 5.92 Å². The number of carbonyl (C=O) groups excluding carboxylic acids is 1. The highest BCUT2D eigenvalue weighted by Crippen LogP contribution is 2.25. The molecular weight excluding hydrogens is 327 g/mol. The zero-order valence-corrected chi connectivity index (χ0v) is 14.5. The second-order valence-corrected chi connectivity index (χ2v) is 6.72. The summed E-state index contributed by atoms with van der Waals surface area (Å²) in [6.45, 7) is 4.98. The van der Waals surface area contributed by atoms with Crippen molar-refractivity contribution in [1.82, 2.24) is 10.6 Å². The van der Waals surface area contributed by atoms with Crippen LogP contribution in [0.15, 0.2) is 23.1 Å². The maximum atomic E-state index is 12.3. The van der Waals surface area contributed by atoms with Gasteiger partial charge in [-0.05, 0) is 55.8 Å². The fourth-order valence-corrected chi connectivity index (χ4v) is 3.36. The lowest BCUT2D eigenvalue weighted by Crippen LogP contribution is -2.26. The molecule has 0 spiro atoms. The zero-order chi connectivity index (χ0) is 14.4. The number of hydrogen-bond donors (Lipinski definition) is 2. The smallest absolute Gasteiger partial charge is 0.252 e. The number of nitrogens with one attached hydrogen (secondary N) is 2. The minimum Gasteiger partial charge on any atom is -0.352 e. The van der Waals surface area contributed by atoms with Crippen LogP contribution in [0.5, 0.6) is 0 Å². The van der Waals surface area contributed by atoms with E-state index in [4.69, 9.17) is 11.6 Å². The molecule has 21 heavy (non-hydrogen) atoms. The van der Waals surface area contributed by atoms with Gasteiger partial charge in [-0.1, -0.05) is 18.5 Å². The minimum absolute atomic E-state index is 0. The van der Waals surface area contributed by atoms with Crippen molar-refractivity contribution in [2.45, 2.75) is 24.7 Å². The summed E-state index contributed by atoms with van der Waals surface area (Å²) in [7, 11) is 0. The van der Waals surface area contributed by atoms with Gasteiger partial charge in [0.2, 0.25) is 0 Å². The number of amides is 1. The Kier molecular flexibility index (Phi) is 8.49. The van der Waals surface area contributed by atoms with Gasteiger partial charge in [-0.15, -0.1) is 24.2 Å². The summed E-state index contributed by atoms with van der Waals surface area (Å²) in [5.74, 6) is 1.61. The van der Waals surface area contributed by atoms with E-state index in [9.17, 15) is 4.79 Å². The van der Waals surface area contributed by atoms with Gasteiger partial charge in [0.05, 0.1) is 5.56 Å². The average molecular weight is 349 g/mol. The molecule has 1 unspecified atom stereocenters. The van der Waals surface area contributed by atoms with Crippen molar-refractivity contribution in [3.63, 3.8) is 0 Å². The molecule has 1 heterocycles. The molecule has 1 aromatic rings. The third-order valence-electron chi connectivity index (χ3n) is 3.49. The molecule has 1 aliphatic heterocycles. The van der Waals surface area contributed by atoms with Crippen LogP contribution in [0.25, 0.3) is 0 Å². The quantitative estimate of drug-likeness (QED) is 0.771. The van der Waals surface area contributed by atoms with Gasteiger partial charge in [-0.25, -0.2) is 0 Å². The number of rotatable bonds is 6. The average Bonchev–Trinajstić information content (AvgIpc) is 2.94. The van der Waals surface area contributed by atoms with Crippen LogP contribution in [0.3, 0.4) is 0 Å². The van der Waals surface area contributed by atoms with Gasteiger partial charge < -0.3 is 10.6 Å². The number of halogens is 2.